The zero-order chi connectivity index (χ0) is 36.3. The summed E-state index contributed by atoms with van der Waals surface area (Å²) in [5.74, 6) is 0.844. The lowest BCUT2D eigenvalue weighted by Gasteiger charge is -2.28. The number of urea groups is 2. The minimum atomic E-state index is -0.589. The molecule has 5 N–H and O–H groups in total. The van der Waals surface area contributed by atoms with Crippen LogP contribution in [-0.2, 0) is 23.7 Å². The maximum Gasteiger partial charge on any atom is 0.327 e. The van der Waals surface area contributed by atoms with Gasteiger partial charge in [0, 0.05) is 68.3 Å². The zero-order valence-corrected chi connectivity index (χ0v) is 28.8. The third-order valence-corrected chi connectivity index (χ3v) is 7.16. The molecule has 2 saturated heterocycles. The second kappa shape index (κ2) is 22.3. The van der Waals surface area contributed by atoms with Gasteiger partial charge in [-0.3, -0.25) is 24.5 Å². The SMILES string of the molecule is COCN(CCO)c1nc(N(CCO)CCO)nc(N(COC)COC)n1.COCN1C(=O)N(COC)C2C1N(CCO)C(=O)N2CCO. The van der Waals surface area contributed by atoms with Gasteiger partial charge in [-0.05, 0) is 0 Å². The average molecular weight is 709 g/mol. The lowest BCUT2D eigenvalue weighted by atomic mass is 10.3. The molecule has 1 aromatic rings. The Bertz CT molecular complexity index is 943. The van der Waals surface area contributed by atoms with Crippen LogP contribution in [0.5, 0.6) is 0 Å². The van der Waals surface area contributed by atoms with Crippen molar-refractivity contribution in [1.29, 1.82) is 0 Å². The van der Waals surface area contributed by atoms with Crippen molar-refractivity contribution < 1.29 is 58.8 Å². The first-order valence-corrected chi connectivity index (χ1v) is 15.4. The molecule has 0 aliphatic carbocycles. The molecule has 282 valence electrons. The number of methoxy groups -OCH3 is 5. The Hall–Kier alpha value is -3.45. The highest BCUT2D eigenvalue weighted by atomic mass is 16.5. The Morgan fingerprint density at radius 3 is 1.22 bits per heavy atom. The van der Waals surface area contributed by atoms with E-state index >= 15 is 0 Å². The summed E-state index contributed by atoms with van der Waals surface area (Å²) in [6.45, 7) is 0.662. The predicted octanol–water partition coefficient (Wildman–Crippen LogP) is -3.61. The Kier molecular flexibility index (Phi) is 19.0. The van der Waals surface area contributed by atoms with Crippen LogP contribution in [0.2, 0.25) is 0 Å². The van der Waals surface area contributed by atoms with Crippen molar-refractivity contribution >= 4 is 29.9 Å². The number of rotatable bonds is 23. The Morgan fingerprint density at radius 2 is 0.857 bits per heavy atom. The van der Waals surface area contributed by atoms with Gasteiger partial charge in [-0.1, -0.05) is 0 Å². The number of hydrogen-bond acceptors (Lipinski definition) is 18. The highest BCUT2D eigenvalue weighted by Crippen LogP contribution is 2.34. The van der Waals surface area contributed by atoms with Crippen LogP contribution < -0.4 is 14.7 Å². The molecule has 3 rings (SSSR count). The third-order valence-electron chi connectivity index (χ3n) is 7.16. The van der Waals surface area contributed by atoms with E-state index in [4.69, 9.17) is 23.7 Å². The third kappa shape index (κ3) is 10.8. The number of carbonyl (C=O) groups excluding carboxylic acids is 2. The number of hydrogen-bond donors (Lipinski definition) is 5. The van der Waals surface area contributed by atoms with Crippen molar-refractivity contribution in [2.75, 3.05) is 150 Å². The van der Waals surface area contributed by atoms with E-state index < -0.39 is 12.3 Å². The quantitative estimate of drug-likeness (QED) is 0.0689. The van der Waals surface area contributed by atoms with Gasteiger partial charge in [-0.2, -0.15) is 15.0 Å². The number of aromatic nitrogens is 3. The van der Waals surface area contributed by atoms with Crippen molar-refractivity contribution in [3.63, 3.8) is 0 Å². The second-order valence-electron chi connectivity index (χ2n) is 10.5. The van der Waals surface area contributed by atoms with Crippen LogP contribution >= 0.6 is 0 Å². The summed E-state index contributed by atoms with van der Waals surface area (Å²) in [5, 5.41) is 46.3. The summed E-state index contributed by atoms with van der Waals surface area (Å²) in [6.07, 6.45) is -1.18. The largest absolute Gasteiger partial charge is 0.395 e. The summed E-state index contributed by atoms with van der Waals surface area (Å²) >= 11 is 0. The molecule has 22 heteroatoms. The molecule has 2 fully saturated rings. The summed E-state index contributed by atoms with van der Waals surface area (Å²) < 4.78 is 25.6. The molecular formula is C27H52N10O12. The minimum absolute atomic E-state index is 0.0163. The van der Waals surface area contributed by atoms with E-state index in [1.54, 1.807) is 28.9 Å². The smallest absolute Gasteiger partial charge is 0.327 e. The number of ether oxygens (including phenoxy) is 5. The molecule has 49 heavy (non-hydrogen) atoms. The highest BCUT2D eigenvalue weighted by molar-refractivity contribution is 5.85. The first-order chi connectivity index (χ1) is 23.8. The van der Waals surface area contributed by atoms with E-state index in [1.165, 1.54) is 40.9 Å². The lowest BCUT2D eigenvalue weighted by molar-refractivity contribution is 0.0232. The van der Waals surface area contributed by atoms with Crippen molar-refractivity contribution in [3.05, 3.63) is 0 Å². The Balaban J connectivity index is 0.000000347. The number of aliphatic hydroxyl groups is 5. The summed E-state index contributed by atoms with van der Waals surface area (Å²) in [4.78, 5) is 48.8. The van der Waals surface area contributed by atoms with Gasteiger partial charge >= 0.3 is 12.1 Å². The number of fused-ring (bicyclic) bond motifs is 1. The molecule has 1 aromatic heterocycles. The topological polar surface area (TPSA) is 243 Å². The Labute approximate surface area is 285 Å². The van der Waals surface area contributed by atoms with Crippen LogP contribution in [0.4, 0.5) is 27.4 Å². The van der Waals surface area contributed by atoms with Gasteiger partial charge in [0.2, 0.25) is 17.8 Å². The van der Waals surface area contributed by atoms with Crippen molar-refractivity contribution in [3.8, 4) is 0 Å². The van der Waals surface area contributed by atoms with Crippen LogP contribution in [0.25, 0.3) is 0 Å². The van der Waals surface area contributed by atoms with Gasteiger partial charge < -0.3 is 59.0 Å². The number of carbonyl (C=O) groups is 2. The number of amides is 4. The molecule has 22 nitrogen and oxygen atoms in total. The molecule has 4 amide bonds. The normalized spacial score (nSPS) is 17.1. The van der Waals surface area contributed by atoms with Gasteiger partial charge in [-0.25, -0.2) is 9.59 Å². The summed E-state index contributed by atoms with van der Waals surface area (Å²) in [5.41, 5.74) is 0. The van der Waals surface area contributed by atoms with Crippen molar-refractivity contribution in [1.82, 2.24) is 34.6 Å². The maximum absolute atomic E-state index is 12.5. The van der Waals surface area contributed by atoms with Gasteiger partial charge in [-0.15, -0.1) is 0 Å². The minimum Gasteiger partial charge on any atom is -0.395 e. The van der Waals surface area contributed by atoms with Crippen molar-refractivity contribution in [2.24, 2.45) is 0 Å². The number of nitrogens with zero attached hydrogens (tertiary/aromatic N) is 10. The maximum atomic E-state index is 12.5. The molecule has 2 atom stereocenters. The van der Waals surface area contributed by atoms with E-state index in [-0.39, 0.29) is 123 Å². The molecule has 0 bridgehead atoms. The molecular weight excluding hydrogens is 656 g/mol. The van der Waals surface area contributed by atoms with Crippen LogP contribution in [0.15, 0.2) is 0 Å². The summed E-state index contributed by atoms with van der Waals surface area (Å²) in [6, 6.07) is -0.662. The van der Waals surface area contributed by atoms with Gasteiger partial charge in [0.15, 0.2) is 12.3 Å². The van der Waals surface area contributed by atoms with Crippen LogP contribution in [0.1, 0.15) is 0 Å². The molecule has 2 unspecified atom stereocenters. The van der Waals surface area contributed by atoms with E-state index in [9.17, 15) is 35.1 Å². The highest BCUT2D eigenvalue weighted by Gasteiger charge is 2.58. The van der Waals surface area contributed by atoms with E-state index in [1.807, 2.05) is 0 Å². The average Bonchev–Trinajstić information content (AvgIpc) is 3.50. The van der Waals surface area contributed by atoms with E-state index in [2.05, 4.69) is 15.0 Å². The Morgan fingerprint density at radius 1 is 0.510 bits per heavy atom. The predicted molar refractivity (Wildman–Crippen MR) is 172 cm³/mol. The molecule has 3 heterocycles. The monoisotopic (exact) mass is 708 g/mol. The molecule has 0 saturated carbocycles. The first-order valence-electron chi connectivity index (χ1n) is 15.4. The fraction of sp³-hybridized carbons (Fsp3) is 0.815. The standard InChI is InChI=1S/C15H30N6O6.C12H22N4O6/c1-25-10-20(6-9-24)14-16-13(19(4-7-22)5-8-23)17-15(18-14)21(11-26-2)12-27-3;1-21-7-15-9-10(16(8-22-2)12(15)20)14(4-6-18)11(19)13(9)3-5-17/h22-24H,4-12H2,1-3H3;9-10,17-18H,3-8H2,1-2H3. The molecule has 0 aromatic carbocycles. The van der Waals surface area contributed by atoms with Crippen molar-refractivity contribution in [2.45, 2.75) is 12.3 Å². The van der Waals surface area contributed by atoms with E-state index in [0.29, 0.717) is 5.95 Å². The second-order valence-corrected chi connectivity index (χ2v) is 10.5. The van der Waals surface area contributed by atoms with E-state index in [0.717, 1.165) is 0 Å². The fourth-order valence-electron chi connectivity index (χ4n) is 5.26. The van der Waals surface area contributed by atoms with Gasteiger partial charge in [0.1, 0.15) is 33.7 Å². The van der Waals surface area contributed by atoms with Crippen LogP contribution in [0, 0.1) is 0 Å². The van der Waals surface area contributed by atoms with Gasteiger partial charge in [0.25, 0.3) is 0 Å². The fourth-order valence-corrected chi connectivity index (χ4v) is 5.26. The molecule has 0 spiro atoms. The first kappa shape index (κ1) is 41.7. The zero-order valence-electron chi connectivity index (χ0n) is 28.8. The van der Waals surface area contributed by atoms with Gasteiger partial charge in [0.05, 0.1) is 33.0 Å². The number of anilines is 3. The van der Waals surface area contributed by atoms with Crippen LogP contribution in [0.3, 0.4) is 0 Å². The molecule has 2 aliphatic rings. The number of β-amino-alcohol motifs (C(OH)–C–C–N with tert-alkyl or cyclic N) is 2. The van der Waals surface area contributed by atoms with Crippen LogP contribution in [-0.4, -0.2) is 219 Å². The number of aliphatic hydroxyl groups excluding tert-OH is 5. The lowest BCUT2D eigenvalue weighted by Crippen LogP contribution is -2.48. The molecule has 0 radical (unpaired) electrons. The summed E-state index contributed by atoms with van der Waals surface area (Å²) in [7, 11) is 7.52. The molecule has 2 aliphatic heterocycles.